The summed E-state index contributed by atoms with van der Waals surface area (Å²) in [5.41, 5.74) is 5.96. The highest BCUT2D eigenvalue weighted by Crippen LogP contribution is 2.31. The van der Waals surface area contributed by atoms with Gasteiger partial charge in [0.25, 0.3) is 0 Å². The molecule has 16 heavy (non-hydrogen) atoms. The van der Waals surface area contributed by atoms with Crippen LogP contribution in [-0.2, 0) is 6.54 Å². The first-order chi connectivity index (χ1) is 7.63. The summed E-state index contributed by atoms with van der Waals surface area (Å²) >= 11 is 17.9. The van der Waals surface area contributed by atoms with Gasteiger partial charge in [-0.05, 0) is 22.6 Å². The summed E-state index contributed by atoms with van der Waals surface area (Å²) in [4.78, 5) is 0. The van der Waals surface area contributed by atoms with Crippen LogP contribution in [0.4, 0.5) is 0 Å². The first kappa shape index (κ1) is 11.6. The summed E-state index contributed by atoms with van der Waals surface area (Å²) < 4.78 is 1.39. The maximum Gasteiger partial charge on any atom is 0.170 e. The Labute approximate surface area is 106 Å². The first-order valence-corrected chi connectivity index (χ1v) is 5.39. The lowest BCUT2D eigenvalue weighted by atomic mass is 10.3. The largest absolute Gasteiger partial charge is 0.324 e. The molecule has 2 aromatic rings. The van der Waals surface area contributed by atoms with Crippen LogP contribution in [0.5, 0.6) is 0 Å². The summed E-state index contributed by atoms with van der Waals surface area (Å²) in [5, 5.41) is 12.2. The van der Waals surface area contributed by atoms with Crippen molar-refractivity contribution in [3.8, 4) is 5.69 Å². The van der Waals surface area contributed by atoms with E-state index in [-0.39, 0.29) is 6.54 Å². The molecule has 1 aromatic carbocycles. The standard InChI is InChI=1S/C8H6Cl3N5/c9-4-1-5(10)8(6(11)2-4)16-7(3-12)13-14-15-16/h1-2H,3,12H2. The van der Waals surface area contributed by atoms with Gasteiger partial charge in [0.15, 0.2) is 5.82 Å². The molecule has 0 amide bonds. The van der Waals surface area contributed by atoms with Crippen molar-refractivity contribution >= 4 is 34.8 Å². The van der Waals surface area contributed by atoms with Crippen molar-refractivity contribution in [3.63, 3.8) is 0 Å². The average Bonchev–Trinajstić information content (AvgIpc) is 2.64. The lowest BCUT2D eigenvalue weighted by Crippen LogP contribution is -2.09. The molecular formula is C8H6Cl3N5. The maximum absolute atomic E-state index is 6.03. The van der Waals surface area contributed by atoms with Gasteiger partial charge in [0.2, 0.25) is 0 Å². The fourth-order valence-electron chi connectivity index (χ4n) is 1.24. The number of halogens is 3. The third-order valence-electron chi connectivity index (χ3n) is 1.91. The van der Waals surface area contributed by atoms with Crippen LogP contribution in [0.1, 0.15) is 5.82 Å². The number of hydrogen-bond donors (Lipinski definition) is 1. The Bertz CT molecular complexity index is 501. The molecule has 2 N–H and O–H groups in total. The highest BCUT2D eigenvalue weighted by molar-refractivity contribution is 6.40. The van der Waals surface area contributed by atoms with Gasteiger partial charge in [-0.15, -0.1) is 5.10 Å². The third kappa shape index (κ3) is 1.99. The summed E-state index contributed by atoms with van der Waals surface area (Å²) in [6.07, 6.45) is 0. The highest BCUT2D eigenvalue weighted by atomic mass is 35.5. The van der Waals surface area contributed by atoms with Crippen LogP contribution in [0.25, 0.3) is 5.69 Å². The van der Waals surface area contributed by atoms with Crippen LogP contribution in [0, 0.1) is 0 Å². The fraction of sp³-hybridized carbons (Fsp3) is 0.125. The number of nitrogens with two attached hydrogens (primary N) is 1. The van der Waals surface area contributed by atoms with Crippen molar-refractivity contribution in [1.29, 1.82) is 0 Å². The molecule has 1 aromatic heterocycles. The molecule has 0 saturated carbocycles. The summed E-state index contributed by atoms with van der Waals surface area (Å²) in [7, 11) is 0. The van der Waals surface area contributed by atoms with Gasteiger partial charge in [0.1, 0.15) is 5.69 Å². The molecule has 0 unspecified atom stereocenters. The number of rotatable bonds is 2. The van der Waals surface area contributed by atoms with Crippen LogP contribution in [0.2, 0.25) is 15.1 Å². The molecule has 84 valence electrons. The van der Waals surface area contributed by atoms with Crippen molar-refractivity contribution in [3.05, 3.63) is 33.0 Å². The zero-order valence-corrected chi connectivity index (χ0v) is 10.1. The SMILES string of the molecule is NCc1nnnn1-c1c(Cl)cc(Cl)cc1Cl. The van der Waals surface area contributed by atoms with Crippen LogP contribution in [0.15, 0.2) is 12.1 Å². The van der Waals surface area contributed by atoms with E-state index >= 15 is 0 Å². The van der Waals surface area contributed by atoms with E-state index in [2.05, 4.69) is 15.5 Å². The monoisotopic (exact) mass is 277 g/mol. The molecule has 8 heteroatoms. The van der Waals surface area contributed by atoms with E-state index in [1.807, 2.05) is 0 Å². The predicted octanol–water partition coefficient (Wildman–Crippen LogP) is 2.08. The minimum absolute atomic E-state index is 0.183. The molecule has 0 aliphatic carbocycles. The normalized spacial score (nSPS) is 10.8. The lowest BCUT2D eigenvalue weighted by Gasteiger charge is -2.08. The van der Waals surface area contributed by atoms with Gasteiger partial charge >= 0.3 is 0 Å². The molecule has 0 fully saturated rings. The Kier molecular flexibility index (Phi) is 3.30. The lowest BCUT2D eigenvalue weighted by molar-refractivity contribution is 0.762. The van der Waals surface area contributed by atoms with E-state index in [4.69, 9.17) is 40.5 Å². The van der Waals surface area contributed by atoms with Crippen molar-refractivity contribution in [2.75, 3.05) is 0 Å². The summed E-state index contributed by atoms with van der Waals surface area (Å²) in [5.74, 6) is 0.464. The van der Waals surface area contributed by atoms with Gasteiger partial charge in [-0.25, -0.2) is 0 Å². The average molecular weight is 279 g/mol. The number of tetrazole rings is 1. The minimum atomic E-state index is 0.183. The van der Waals surface area contributed by atoms with Gasteiger partial charge in [0, 0.05) is 5.02 Å². The molecule has 0 saturated heterocycles. The molecule has 0 aliphatic heterocycles. The molecule has 0 bridgehead atoms. The second-order valence-corrected chi connectivity index (χ2v) is 4.18. The number of benzene rings is 1. The molecule has 0 spiro atoms. The van der Waals surface area contributed by atoms with Crippen LogP contribution < -0.4 is 5.73 Å². The summed E-state index contributed by atoms with van der Waals surface area (Å²) in [6, 6.07) is 3.12. The van der Waals surface area contributed by atoms with Gasteiger partial charge in [-0.2, -0.15) is 4.68 Å². The molecular weight excluding hydrogens is 272 g/mol. The van der Waals surface area contributed by atoms with E-state index in [1.54, 1.807) is 12.1 Å². The molecule has 0 atom stereocenters. The Morgan fingerprint density at radius 1 is 1.19 bits per heavy atom. The van der Waals surface area contributed by atoms with E-state index in [1.165, 1.54) is 4.68 Å². The van der Waals surface area contributed by atoms with E-state index in [9.17, 15) is 0 Å². The Morgan fingerprint density at radius 2 is 1.81 bits per heavy atom. The van der Waals surface area contributed by atoms with Crippen molar-refractivity contribution in [1.82, 2.24) is 20.2 Å². The second kappa shape index (κ2) is 4.55. The van der Waals surface area contributed by atoms with Crippen LogP contribution in [0.3, 0.4) is 0 Å². The zero-order valence-electron chi connectivity index (χ0n) is 7.86. The Balaban J connectivity index is 2.64. The zero-order chi connectivity index (χ0) is 11.7. The first-order valence-electron chi connectivity index (χ1n) is 4.25. The van der Waals surface area contributed by atoms with E-state index in [0.717, 1.165) is 0 Å². The van der Waals surface area contributed by atoms with Crippen molar-refractivity contribution in [2.24, 2.45) is 5.73 Å². The fourth-order valence-corrected chi connectivity index (χ4v) is 2.22. The number of aromatic nitrogens is 4. The number of hydrogen-bond acceptors (Lipinski definition) is 4. The molecule has 2 rings (SSSR count). The Morgan fingerprint density at radius 3 is 2.38 bits per heavy atom. The molecule has 5 nitrogen and oxygen atoms in total. The Hall–Kier alpha value is -0.880. The molecule has 1 heterocycles. The van der Waals surface area contributed by atoms with E-state index < -0.39 is 0 Å². The maximum atomic E-state index is 6.03. The van der Waals surface area contributed by atoms with Gasteiger partial charge in [-0.3, -0.25) is 0 Å². The van der Waals surface area contributed by atoms with Crippen molar-refractivity contribution < 1.29 is 0 Å². The quantitative estimate of drug-likeness (QED) is 0.913. The van der Waals surface area contributed by atoms with E-state index in [0.29, 0.717) is 26.6 Å². The van der Waals surface area contributed by atoms with Crippen LogP contribution in [-0.4, -0.2) is 20.2 Å². The smallest absolute Gasteiger partial charge is 0.170 e. The minimum Gasteiger partial charge on any atom is -0.324 e. The highest BCUT2D eigenvalue weighted by Gasteiger charge is 2.14. The van der Waals surface area contributed by atoms with Crippen LogP contribution >= 0.6 is 34.8 Å². The topological polar surface area (TPSA) is 69.6 Å². The molecule has 0 aliphatic rings. The second-order valence-electron chi connectivity index (χ2n) is 2.93. The number of nitrogens with zero attached hydrogens (tertiary/aromatic N) is 4. The van der Waals surface area contributed by atoms with Gasteiger partial charge in [-0.1, -0.05) is 34.8 Å². The predicted molar refractivity (Wildman–Crippen MR) is 62.1 cm³/mol. The summed E-state index contributed by atoms with van der Waals surface area (Å²) in [6.45, 7) is 0.183. The molecule has 0 radical (unpaired) electrons. The third-order valence-corrected chi connectivity index (χ3v) is 2.70. The van der Waals surface area contributed by atoms with Gasteiger partial charge < -0.3 is 5.73 Å². The van der Waals surface area contributed by atoms with Crippen molar-refractivity contribution in [2.45, 2.75) is 6.54 Å². The van der Waals surface area contributed by atoms with Gasteiger partial charge in [0.05, 0.1) is 16.6 Å².